The van der Waals surface area contributed by atoms with Gasteiger partial charge in [-0.05, 0) is 38.5 Å². The Labute approximate surface area is 73.7 Å². The van der Waals surface area contributed by atoms with Crippen LogP contribution in [-0.2, 0) is 0 Å². The van der Waals surface area contributed by atoms with Crippen molar-refractivity contribution in [1.29, 1.82) is 0 Å². The molecule has 0 fully saturated rings. The maximum Gasteiger partial charge on any atom is 0.123 e. The molecule has 0 aliphatic carbocycles. The van der Waals surface area contributed by atoms with Gasteiger partial charge < -0.3 is 5.32 Å². The Morgan fingerprint density at radius 3 is 2.33 bits per heavy atom. The summed E-state index contributed by atoms with van der Waals surface area (Å²) in [5, 5.41) is 2.96. The zero-order valence-electron chi connectivity index (χ0n) is 8.11. The second-order valence-electron chi connectivity index (χ2n) is 2.59. The third-order valence-corrected chi connectivity index (χ3v) is 1.65. The van der Waals surface area contributed by atoms with Crippen LogP contribution in [0.2, 0.25) is 0 Å². The van der Waals surface area contributed by atoms with Crippen molar-refractivity contribution < 1.29 is 4.39 Å². The summed E-state index contributed by atoms with van der Waals surface area (Å²) in [4.78, 5) is 0. The van der Waals surface area contributed by atoms with E-state index in [4.69, 9.17) is 0 Å². The molecule has 0 saturated heterocycles. The standard InChI is InChI=1S/C10H16FN/c1-5-6-10(11)7-8(2)9(3)12-4/h5-7,12H,1-4H3/b6-5+,9-8+,10-7+. The van der Waals surface area contributed by atoms with E-state index in [-0.39, 0.29) is 5.83 Å². The van der Waals surface area contributed by atoms with Crippen LogP contribution in [0.15, 0.2) is 35.3 Å². The van der Waals surface area contributed by atoms with Gasteiger partial charge in [0.25, 0.3) is 0 Å². The van der Waals surface area contributed by atoms with Crippen molar-refractivity contribution in [3.63, 3.8) is 0 Å². The summed E-state index contributed by atoms with van der Waals surface area (Å²) in [6.07, 6.45) is 4.62. The third kappa shape index (κ3) is 3.96. The normalized spacial score (nSPS) is 14.9. The van der Waals surface area contributed by atoms with E-state index in [1.807, 2.05) is 20.9 Å². The molecule has 1 nitrogen and oxygen atoms in total. The van der Waals surface area contributed by atoms with Crippen molar-refractivity contribution in [2.45, 2.75) is 20.8 Å². The quantitative estimate of drug-likeness (QED) is 0.640. The first-order valence-corrected chi connectivity index (χ1v) is 3.97. The highest BCUT2D eigenvalue weighted by atomic mass is 19.1. The fourth-order valence-electron chi connectivity index (χ4n) is 0.720. The van der Waals surface area contributed by atoms with Gasteiger partial charge in [-0.25, -0.2) is 4.39 Å². The van der Waals surface area contributed by atoms with Crippen molar-refractivity contribution >= 4 is 0 Å². The predicted molar refractivity (Wildman–Crippen MR) is 51.4 cm³/mol. The predicted octanol–water partition coefficient (Wildman–Crippen LogP) is 2.93. The Balaban J connectivity index is 4.52. The highest BCUT2D eigenvalue weighted by Gasteiger charge is 1.92. The molecule has 0 atom stereocenters. The molecule has 0 bridgehead atoms. The van der Waals surface area contributed by atoms with Crippen molar-refractivity contribution in [2.75, 3.05) is 7.05 Å². The molecular formula is C10H16FN. The first-order valence-electron chi connectivity index (χ1n) is 3.97. The lowest BCUT2D eigenvalue weighted by Gasteiger charge is -2.01. The van der Waals surface area contributed by atoms with E-state index in [1.54, 1.807) is 13.0 Å². The molecule has 0 spiro atoms. The molecule has 0 rings (SSSR count). The van der Waals surface area contributed by atoms with Crippen LogP contribution in [0, 0.1) is 0 Å². The summed E-state index contributed by atoms with van der Waals surface area (Å²) in [6, 6.07) is 0. The Hall–Kier alpha value is -1.05. The smallest absolute Gasteiger partial charge is 0.123 e. The van der Waals surface area contributed by atoms with Crippen molar-refractivity contribution in [3.8, 4) is 0 Å². The van der Waals surface area contributed by atoms with Gasteiger partial charge in [-0.3, -0.25) is 0 Å². The van der Waals surface area contributed by atoms with E-state index in [9.17, 15) is 4.39 Å². The molecule has 0 heterocycles. The Morgan fingerprint density at radius 2 is 1.92 bits per heavy atom. The first-order chi connectivity index (χ1) is 5.61. The molecule has 0 unspecified atom stereocenters. The van der Waals surface area contributed by atoms with Crippen molar-refractivity contribution in [1.82, 2.24) is 5.32 Å². The minimum atomic E-state index is -0.218. The van der Waals surface area contributed by atoms with Crippen molar-refractivity contribution in [2.24, 2.45) is 0 Å². The average Bonchev–Trinajstić information content (AvgIpc) is 2.03. The minimum absolute atomic E-state index is 0.218. The fourth-order valence-corrected chi connectivity index (χ4v) is 0.720. The molecule has 0 aliphatic rings. The van der Waals surface area contributed by atoms with Crippen LogP contribution in [0.1, 0.15) is 20.8 Å². The van der Waals surface area contributed by atoms with E-state index in [1.165, 1.54) is 12.2 Å². The molecule has 68 valence electrons. The van der Waals surface area contributed by atoms with Crippen LogP contribution in [0.3, 0.4) is 0 Å². The lowest BCUT2D eigenvalue weighted by Crippen LogP contribution is -2.03. The second-order valence-corrected chi connectivity index (χ2v) is 2.59. The zero-order chi connectivity index (χ0) is 9.56. The molecule has 1 N–H and O–H groups in total. The van der Waals surface area contributed by atoms with Crippen LogP contribution in [-0.4, -0.2) is 7.05 Å². The Morgan fingerprint density at radius 1 is 1.33 bits per heavy atom. The molecule has 0 amide bonds. The highest BCUT2D eigenvalue weighted by molar-refractivity contribution is 5.27. The first kappa shape index (κ1) is 11.0. The van der Waals surface area contributed by atoms with Gasteiger partial charge in [-0.15, -0.1) is 0 Å². The molecule has 0 saturated carbocycles. The zero-order valence-corrected chi connectivity index (χ0v) is 8.11. The fraction of sp³-hybridized carbons (Fsp3) is 0.400. The van der Waals surface area contributed by atoms with E-state index < -0.39 is 0 Å². The van der Waals surface area contributed by atoms with Crippen LogP contribution in [0.5, 0.6) is 0 Å². The monoisotopic (exact) mass is 169 g/mol. The topological polar surface area (TPSA) is 12.0 Å². The van der Waals surface area contributed by atoms with Gasteiger partial charge in [0.1, 0.15) is 5.83 Å². The van der Waals surface area contributed by atoms with Gasteiger partial charge in [0.2, 0.25) is 0 Å². The molecule has 0 aromatic heterocycles. The minimum Gasteiger partial charge on any atom is -0.391 e. The summed E-state index contributed by atoms with van der Waals surface area (Å²) >= 11 is 0. The molecule has 0 radical (unpaired) electrons. The van der Waals surface area contributed by atoms with E-state index in [2.05, 4.69) is 5.32 Å². The molecular weight excluding hydrogens is 153 g/mol. The van der Waals surface area contributed by atoms with Crippen LogP contribution in [0.25, 0.3) is 0 Å². The summed E-state index contributed by atoms with van der Waals surface area (Å²) in [5.74, 6) is -0.218. The van der Waals surface area contributed by atoms with Gasteiger partial charge in [-0.2, -0.15) is 0 Å². The number of rotatable bonds is 3. The van der Waals surface area contributed by atoms with Gasteiger partial charge in [0.05, 0.1) is 0 Å². The Kier molecular flexibility index (Phi) is 5.09. The SMILES string of the molecule is C/C=C/C(F)=C\C(C)=C(/C)NC. The Bertz CT molecular complexity index is 224. The largest absolute Gasteiger partial charge is 0.391 e. The van der Waals surface area contributed by atoms with E-state index in [0.717, 1.165) is 11.3 Å². The van der Waals surface area contributed by atoms with E-state index in [0.29, 0.717) is 0 Å². The van der Waals surface area contributed by atoms with Gasteiger partial charge in [0, 0.05) is 12.7 Å². The molecule has 2 heteroatoms. The molecule has 12 heavy (non-hydrogen) atoms. The van der Waals surface area contributed by atoms with Gasteiger partial charge in [-0.1, -0.05) is 6.08 Å². The number of hydrogen-bond acceptors (Lipinski definition) is 1. The molecule has 0 aromatic carbocycles. The van der Waals surface area contributed by atoms with Gasteiger partial charge in [0.15, 0.2) is 0 Å². The number of halogens is 1. The summed E-state index contributed by atoms with van der Waals surface area (Å²) in [6.45, 7) is 5.57. The number of hydrogen-bond donors (Lipinski definition) is 1. The summed E-state index contributed by atoms with van der Waals surface area (Å²) < 4.78 is 12.9. The molecule has 0 aromatic rings. The van der Waals surface area contributed by atoms with Crippen LogP contribution < -0.4 is 5.32 Å². The van der Waals surface area contributed by atoms with Gasteiger partial charge >= 0.3 is 0 Å². The summed E-state index contributed by atoms with van der Waals surface area (Å²) in [7, 11) is 1.82. The lowest BCUT2D eigenvalue weighted by atomic mass is 10.2. The summed E-state index contributed by atoms with van der Waals surface area (Å²) in [5.41, 5.74) is 1.89. The lowest BCUT2D eigenvalue weighted by molar-refractivity contribution is 0.665. The van der Waals surface area contributed by atoms with Crippen LogP contribution >= 0.6 is 0 Å². The maximum absolute atomic E-state index is 12.9. The second kappa shape index (κ2) is 5.58. The number of allylic oxidation sites excluding steroid dienone is 6. The highest BCUT2D eigenvalue weighted by Crippen LogP contribution is 2.07. The van der Waals surface area contributed by atoms with E-state index >= 15 is 0 Å². The molecule has 0 aliphatic heterocycles. The number of nitrogens with one attached hydrogen (secondary N) is 1. The van der Waals surface area contributed by atoms with Crippen molar-refractivity contribution in [3.05, 3.63) is 35.3 Å². The maximum atomic E-state index is 12.9. The third-order valence-electron chi connectivity index (χ3n) is 1.65. The average molecular weight is 169 g/mol. The van der Waals surface area contributed by atoms with Crippen LogP contribution in [0.4, 0.5) is 4.39 Å².